The Balaban J connectivity index is 3.24. The van der Waals surface area contributed by atoms with Crippen LogP contribution < -0.4 is 0 Å². The smallest absolute Gasteiger partial charge is 0.357 e. The Morgan fingerprint density at radius 2 is 2.12 bits per heavy atom. The minimum atomic E-state index is -3.52. The molecular weight excluding hydrogens is 232 g/mol. The molecular formula is C9H12N2O4S. The molecule has 0 unspecified atom stereocenters. The zero-order chi connectivity index (χ0) is 12.3. The Morgan fingerprint density at radius 3 is 2.62 bits per heavy atom. The molecule has 1 aromatic rings. The van der Waals surface area contributed by atoms with Gasteiger partial charge in [-0.3, -0.25) is 0 Å². The minimum absolute atomic E-state index is 0.0164. The molecule has 0 aromatic carbocycles. The second-order valence-electron chi connectivity index (χ2n) is 3.18. The lowest BCUT2D eigenvalue weighted by molar-refractivity contribution is 0.0517. The maximum absolute atomic E-state index is 11.4. The van der Waals surface area contributed by atoms with Crippen LogP contribution in [0.1, 0.15) is 23.0 Å². The molecule has 1 rings (SSSR count). The second kappa shape index (κ2) is 4.56. The van der Waals surface area contributed by atoms with E-state index in [-0.39, 0.29) is 17.5 Å². The third-order valence-corrected chi connectivity index (χ3v) is 2.61. The van der Waals surface area contributed by atoms with Crippen molar-refractivity contribution in [2.24, 2.45) is 0 Å². The minimum Gasteiger partial charge on any atom is -0.461 e. The van der Waals surface area contributed by atoms with Gasteiger partial charge in [0, 0.05) is 18.0 Å². The van der Waals surface area contributed by atoms with E-state index in [4.69, 9.17) is 4.74 Å². The average molecular weight is 244 g/mol. The summed E-state index contributed by atoms with van der Waals surface area (Å²) in [4.78, 5) is 18.8. The highest BCUT2D eigenvalue weighted by molar-refractivity contribution is 7.90. The number of esters is 1. The number of sulfone groups is 1. The predicted molar refractivity (Wildman–Crippen MR) is 55.8 cm³/mol. The van der Waals surface area contributed by atoms with Crippen molar-refractivity contribution < 1.29 is 17.9 Å². The van der Waals surface area contributed by atoms with Gasteiger partial charge in [-0.15, -0.1) is 0 Å². The number of carbonyl (C=O) groups excluding carboxylic acids is 1. The van der Waals surface area contributed by atoms with Gasteiger partial charge in [-0.1, -0.05) is 0 Å². The van der Waals surface area contributed by atoms with Crippen LogP contribution in [0.25, 0.3) is 0 Å². The summed E-state index contributed by atoms with van der Waals surface area (Å²) in [5.41, 5.74) is 0.461. The molecule has 0 aliphatic heterocycles. The number of nitrogens with zero attached hydrogens (tertiary/aromatic N) is 2. The van der Waals surface area contributed by atoms with E-state index in [1.165, 1.54) is 6.20 Å². The Labute approximate surface area is 93.6 Å². The van der Waals surface area contributed by atoms with Gasteiger partial charge >= 0.3 is 5.97 Å². The van der Waals surface area contributed by atoms with E-state index in [2.05, 4.69) is 9.97 Å². The van der Waals surface area contributed by atoms with Crippen LogP contribution in [0.15, 0.2) is 11.4 Å². The van der Waals surface area contributed by atoms with Gasteiger partial charge in [0.15, 0.2) is 5.69 Å². The summed E-state index contributed by atoms with van der Waals surface area (Å²) in [5.74, 6) is -0.646. The third kappa shape index (κ3) is 2.75. The van der Waals surface area contributed by atoms with Crippen LogP contribution in [0.4, 0.5) is 0 Å². The largest absolute Gasteiger partial charge is 0.461 e. The van der Waals surface area contributed by atoms with E-state index in [9.17, 15) is 13.2 Å². The molecule has 0 saturated heterocycles. The molecule has 0 aliphatic carbocycles. The topological polar surface area (TPSA) is 86.2 Å². The lowest BCUT2D eigenvalue weighted by atomic mass is 10.2. The Kier molecular flexibility index (Phi) is 3.58. The molecule has 6 nitrogen and oxygen atoms in total. The summed E-state index contributed by atoms with van der Waals surface area (Å²) in [7, 11) is -3.52. The molecule has 1 heterocycles. The quantitative estimate of drug-likeness (QED) is 0.564. The molecule has 0 radical (unpaired) electrons. The normalized spacial score (nSPS) is 11.2. The summed E-state index contributed by atoms with van der Waals surface area (Å²) < 4.78 is 27.2. The highest BCUT2D eigenvalue weighted by atomic mass is 32.2. The Hall–Kier alpha value is -1.50. The van der Waals surface area contributed by atoms with E-state index < -0.39 is 15.8 Å². The van der Waals surface area contributed by atoms with Crippen molar-refractivity contribution >= 4 is 15.8 Å². The highest BCUT2D eigenvalue weighted by Gasteiger charge is 2.18. The van der Waals surface area contributed by atoms with Crippen LogP contribution in [0.5, 0.6) is 0 Å². The van der Waals surface area contributed by atoms with E-state index >= 15 is 0 Å². The fourth-order valence-corrected chi connectivity index (χ4v) is 1.51. The average Bonchev–Trinajstić information content (AvgIpc) is 2.16. The SMILES string of the molecule is CCOC(=O)c1nc(S(C)(=O)=O)ncc1C. The molecule has 0 bridgehead atoms. The van der Waals surface area contributed by atoms with Gasteiger partial charge in [-0.2, -0.15) is 0 Å². The molecule has 0 spiro atoms. The number of rotatable bonds is 3. The fraction of sp³-hybridized carbons (Fsp3) is 0.444. The van der Waals surface area contributed by atoms with Gasteiger partial charge < -0.3 is 4.74 Å². The van der Waals surface area contributed by atoms with E-state index in [1.807, 2.05) is 0 Å². The third-order valence-electron chi connectivity index (χ3n) is 1.75. The van der Waals surface area contributed by atoms with E-state index in [0.717, 1.165) is 6.26 Å². The van der Waals surface area contributed by atoms with Gasteiger partial charge in [-0.05, 0) is 13.8 Å². The van der Waals surface area contributed by atoms with E-state index in [0.29, 0.717) is 5.56 Å². The Morgan fingerprint density at radius 1 is 1.50 bits per heavy atom. The first-order chi connectivity index (χ1) is 7.36. The van der Waals surface area contributed by atoms with Crippen LogP contribution in [-0.4, -0.2) is 37.2 Å². The lowest BCUT2D eigenvalue weighted by Crippen LogP contribution is -2.14. The number of ether oxygens (including phenoxy) is 1. The second-order valence-corrected chi connectivity index (χ2v) is 5.09. The van der Waals surface area contributed by atoms with Crippen molar-refractivity contribution in [2.75, 3.05) is 12.9 Å². The molecule has 16 heavy (non-hydrogen) atoms. The zero-order valence-electron chi connectivity index (χ0n) is 9.22. The lowest BCUT2D eigenvalue weighted by Gasteiger charge is -2.05. The summed E-state index contributed by atoms with van der Waals surface area (Å²) in [6.07, 6.45) is 2.27. The molecule has 0 fully saturated rings. The first kappa shape index (κ1) is 12.6. The van der Waals surface area contributed by atoms with Crippen molar-refractivity contribution in [3.8, 4) is 0 Å². The van der Waals surface area contributed by atoms with E-state index in [1.54, 1.807) is 13.8 Å². The summed E-state index contributed by atoms with van der Waals surface area (Å²) in [6.45, 7) is 3.47. The number of hydrogen-bond acceptors (Lipinski definition) is 6. The summed E-state index contributed by atoms with van der Waals surface area (Å²) in [6, 6.07) is 0. The van der Waals surface area contributed by atoms with Crippen LogP contribution in [0.3, 0.4) is 0 Å². The maximum atomic E-state index is 11.4. The van der Waals surface area contributed by atoms with Crippen LogP contribution in [-0.2, 0) is 14.6 Å². The molecule has 0 aliphatic rings. The zero-order valence-corrected chi connectivity index (χ0v) is 10.0. The van der Waals surface area contributed by atoms with Gasteiger partial charge in [0.25, 0.3) is 0 Å². The van der Waals surface area contributed by atoms with Crippen LogP contribution >= 0.6 is 0 Å². The first-order valence-corrected chi connectivity index (χ1v) is 6.46. The molecule has 1 aromatic heterocycles. The summed E-state index contributed by atoms with van der Waals surface area (Å²) >= 11 is 0. The molecule has 0 atom stereocenters. The van der Waals surface area contributed by atoms with Gasteiger partial charge in [0.1, 0.15) is 0 Å². The number of carbonyl (C=O) groups is 1. The van der Waals surface area contributed by atoms with Crippen molar-refractivity contribution in [3.05, 3.63) is 17.5 Å². The monoisotopic (exact) mass is 244 g/mol. The van der Waals surface area contributed by atoms with Gasteiger partial charge in [-0.25, -0.2) is 23.2 Å². The van der Waals surface area contributed by atoms with Crippen molar-refractivity contribution in [1.29, 1.82) is 0 Å². The molecule has 0 saturated carbocycles. The molecule has 7 heteroatoms. The van der Waals surface area contributed by atoms with Crippen molar-refractivity contribution in [1.82, 2.24) is 9.97 Å². The number of aryl methyl sites for hydroxylation is 1. The summed E-state index contributed by atoms with van der Waals surface area (Å²) in [5, 5.41) is -0.374. The fourth-order valence-electron chi connectivity index (χ4n) is 1.01. The highest BCUT2D eigenvalue weighted by Crippen LogP contribution is 2.09. The first-order valence-electron chi connectivity index (χ1n) is 4.57. The molecule has 88 valence electrons. The van der Waals surface area contributed by atoms with Crippen molar-refractivity contribution in [2.45, 2.75) is 19.0 Å². The standard InChI is InChI=1S/C9H12N2O4S/c1-4-15-8(12)7-6(2)5-10-9(11-7)16(3,13)14/h5H,4H2,1-3H3. The predicted octanol–water partition coefficient (Wildman–Crippen LogP) is 0.365. The number of aromatic nitrogens is 2. The molecule has 0 N–H and O–H groups in total. The van der Waals surface area contributed by atoms with Crippen LogP contribution in [0.2, 0.25) is 0 Å². The van der Waals surface area contributed by atoms with Crippen molar-refractivity contribution in [3.63, 3.8) is 0 Å². The van der Waals surface area contributed by atoms with Gasteiger partial charge in [0.05, 0.1) is 6.61 Å². The van der Waals surface area contributed by atoms with Crippen LogP contribution in [0, 0.1) is 6.92 Å². The molecule has 0 amide bonds. The van der Waals surface area contributed by atoms with Gasteiger partial charge in [0.2, 0.25) is 15.0 Å². The maximum Gasteiger partial charge on any atom is 0.357 e. The Bertz CT molecular complexity index is 510. The number of hydrogen-bond donors (Lipinski definition) is 0.